The Morgan fingerprint density at radius 1 is 1.35 bits per heavy atom. The van der Waals surface area contributed by atoms with E-state index < -0.39 is 15.8 Å². The summed E-state index contributed by atoms with van der Waals surface area (Å²) < 4.78 is 23.8. The van der Waals surface area contributed by atoms with Crippen LogP contribution in [0.15, 0.2) is 29.2 Å². The van der Waals surface area contributed by atoms with Crippen molar-refractivity contribution in [3.8, 4) is 0 Å². The average Bonchev–Trinajstić information content (AvgIpc) is 2.95. The minimum absolute atomic E-state index is 0.0111. The zero-order valence-corrected chi connectivity index (χ0v) is 13.9. The van der Waals surface area contributed by atoms with Gasteiger partial charge in [-0.3, -0.25) is 9.59 Å². The largest absolute Gasteiger partial charge is 0.481 e. The van der Waals surface area contributed by atoms with Gasteiger partial charge in [-0.25, -0.2) is 8.42 Å². The Hall–Kier alpha value is -1.89. The van der Waals surface area contributed by atoms with Crippen LogP contribution in [0.25, 0.3) is 0 Å². The van der Waals surface area contributed by atoms with Crippen molar-refractivity contribution < 1.29 is 23.1 Å². The third-order valence-electron chi connectivity index (χ3n) is 4.10. The molecule has 1 fully saturated rings. The van der Waals surface area contributed by atoms with E-state index in [1.54, 1.807) is 24.0 Å². The van der Waals surface area contributed by atoms with E-state index in [-0.39, 0.29) is 35.4 Å². The van der Waals surface area contributed by atoms with Gasteiger partial charge in [0.2, 0.25) is 5.91 Å². The van der Waals surface area contributed by atoms with E-state index in [2.05, 4.69) is 0 Å². The highest BCUT2D eigenvalue weighted by Gasteiger charge is 2.30. The second-order valence-corrected chi connectivity index (χ2v) is 7.99. The minimum Gasteiger partial charge on any atom is -0.481 e. The Bertz CT molecular complexity index is 698. The third kappa shape index (κ3) is 4.31. The minimum atomic E-state index is -3.30. The number of benzene rings is 1. The molecule has 1 aromatic rings. The van der Waals surface area contributed by atoms with Crippen molar-refractivity contribution in [2.75, 3.05) is 12.3 Å². The van der Waals surface area contributed by atoms with Gasteiger partial charge in [0, 0.05) is 12.6 Å². The topological polar surface area (TPSA) is 91.8 Å². The number of carboxylic acids is 1. The average molecular weight is 339 g/mol. The highest BCUT2D eigenvalue weighted by atomic mass is 32.2. The summed E-state index contributed by atoms with van der Waals surface area (Å²) in [6.45, 7) is 2.14. The molecule has 0 saturated carbocycles. The summed E-state index contributed by atoms with van der Waals surface area (Å²) in [6, 6.07) is 6.13. The lowest BCUT2D eigenvalue weighted by Crippen LogP contribution is -2.37. The Morgan fingerprint density at radius 3 is 2.74 bits per heavy atom. The van der Waals surface area contributed by atoms with Crippen molar-refractivity contribution in [3.63, 3.8) is 0 Å². The van der Waals surface area contributed by atoms with Crippen molar-refractivity contribution in [1.82, 2.24) is 4.90 Å². The summed E-state index contributed by atoms with van der Waals surface area (Å²) in [6.07, 6.45) is 1.54. The van der Waals surface area contributed by atoms with Crippen molar-refractivity contribution in [1.29, 1.82) is 0 Å². The molecule has 1 heterocycles. The first-order valence-electron chi connectivity index (χ1n) is 7.66. The fraction of sp³-hybridized carbons (Fsp3) is 0.500. The lowest BCUT2D eigenvalue weighted by molar-refractivity contribution is -0.139. The van der Waals surface area contributed by atoms with Crippen molar-refractivity contribution in [2.45, 2.75) is 43.5 Å². The van der Waals surface area contributed by atoms with Crippen molar-refractivity contribution >= 4 is 21.7 Å². The Labute approximate surface area is 136 Å². The molecule has 1 aliphatic rings. The molecule has 7 heteroatoms. The maximum absolute atomic E-state index is 12.4. The highest BCUT2D eigenvalue weighted by molar-refractivity contribution is 7.91. The van der Waals surface area contributed by atoms with E-state index in [4.69, 9.17) is 5.11 Å². The smallest absolute Gasteiger partial charge is 0.305 e. The fourth-order valence-corrected chi connectivity index (χ4v) is 3.82. The normalized spacial score (nSPS) is 18.1. The molecular formula is C16H21NO5S. The Kier molecular flexibility index (Phi) is 5.41. The maximum atomic E-state index is 12.4. The van der Waals surface area contributed by atoms with Crippen LogP contribution in [0.1, 0.15) is 31.7 Å². The van der Waals surface area contributed by atoms with Gasteiger partial charge >= 0.3 is 5.97 Å². The van der Waals surface area contributed by atoms with Gasteiger partial charge < -0.3 is 10.0 Å². The number of carbonyl (C=O) groups is 2. The van der Waals surface area contributed by atoms with Crippen LogP contribution in [-0.2, 0) is 25.8 Å². The molecule has 2 rings (SSSR count). The maximum Gasteiger partial charge on any atom is 0.305 e. The third-order valence-corrected chi connectivity index (χ3v) is 5.83. The molecule has 1 saturated heterocycles. The molecule has 6 nitrogen and oxygen atoms in total. The predicted molar refractivity (Wildman–Crippen MR) is 84.9 cm³/mol. The predicted octanol–water partition coefficient (Wildman–Crippen LogP) is 1.49. The van der Waals surface area contributed by atoms with Crippen LogP contribution in [-0.4, -0.2) is 48.6 Å². The molecule has 1 N–H and O–H groups in total. The van der Waals surface area contributed by atoms with Crippen LogP contribution < -0.4 is 0 Å². The molecule has 1 aliphatic heterocycles. The van der Waals surface area contributed by atoms with Gasteiger partial charge in [0.25, 0.3) is 0 Å². The van der Waals surface area contributed by atoms with E-state index in [9.17, 15) is 18.0 Å². The number of hydrogen-bond acceptors (Lipinski definition) is 4. The molecular weight excluding hydrogens is 318 g/mol. The highest BCUT2D eigenvalue weighted by Crippen LogP contribution is 2.22. The van der Waals surface area contributed by atoms with E-state index in [1.807, 2.05) is 0 Å². The molecule has 0 aliphatic carbocycles. The number of amides is 1. The van der Waals surface area contributed by atoms with Gasteiger partial charge in [-0.15, -0.1) is 0 Å². The number of carbonyl (C=O) groups excluding carboxylic acids is 1. The van der Waals surface area contributed by atoms with E-state index in [0.29, 0.717) is 18.5 Å². The van der Waals surface area contributed by atoms with E-state index >= 15 is 0 Å². The van der Waals surface area contributed by atoms with Gasteiger partial charge in [0.15, 0.2) is 9.84 Å². The van der Waals surface area contributed by atoms with Crippen LogP contribution in [0.5, 0.6) is 0 Å². The summed E-state index contributed by atoms with van der Waals surface area (Å²) in [5, 5.41) is 8.91. The lowest BCUT2D eigenvalue weighted by Gasteiger charge is -2.23. The standard InChI is InChI=1S/C16H21NO5S/c1-2-23(21,22)14-7-3-5-12(9-14)10-15(18)17-8-4-6-13(17)11-16(19)20/h3,5,7,9,13H,2,4,6,8,10-11H2,1H3,(H,19,20). The summed E-state index contributed by atoms with van der Waals surface area (Å²) in [7, 11) is -3.30. The van der Waals surface area contributed by atoms with E-state index in [1.165, 1.54) is 12.1 Å². The Morgan fingerprint density at radius 2 is 2.09 bits per heavy atom. The second-order valence-electron chi connectivity index (χ2n) is 5.71. The number of aliphatic carboxylic acids is 1. The molecule has 0 bridgehead atoms. The fourth-order valence-electron chi connectivity index (χ4n) is 2.87. The van der Waals surface area contributed by atoms with Crippen LogP contribution in [0.3, 0.4) is 0 Å². The first kappa shape index (κ1) is 17.5. The SMILES string of the molecule is CCS(=O)(=O)c1cccc(CC(=O)N2CCCC2CC(=O)O)c1. The molecule has 0 spiro atoms. The van der Waals surface area contributed by atoms with Gasteiger partial charge in [-0.2, -0.15) is 0 Å². The van der Waals surface area contributed by atoms with Gasteiger partial charge in [-0.05, 0) is 30.5 Å². The van der Waals surface area contributed by atoms with Crippen LogP contribution in [0.4, 0.5) is 0 Å². The summed E-state index contributed by atoms with van der Waals surface area (Å²) in [4.78, 5) is 25.1. The number of likely N-dealkylation sites (tertiary alicyclic amines) is 1. The lowest BCUT2D eigenvalue weighted by atomic mass is 10.1. The monoisotopic (exact) mass is 339 g/mol. The molecule has 0 radical (unpaired) electrons. The van der Waals surface area contributed by atoms with Crippen LogP contribution in [0, 0.1) is 0 Å². The van der Waals surface area contributed by atoms with Crippen LogP contribution in [0.2, 0.25) is 0 Å². The number of sulfone groups is 1. The van der Waals surface area contributed by atoms with Gasteiger partial charge in [0.05, 0.1) is 23.5 Å². The van der Waals surface area contributed by atoms with Crippen molar-refractivity contribution in [3.05, 3.63) is 29.8 Å². The summed E-state index contributed by atoms with van der Waals surface area (Å²) in [5.74, 6) is -1.05. The summed E-state index contributed by atoms with van der Waals surface area (Å²) in [5.41, 5.74) is 0.630. The Balaban J connectivity index is 2.11. The first-order chi connectivity index (χ1) is 10.8. The summed E-state index contributed by atoms with van der Waals surface area (Å²) >= 11 is 0. The number of nitrogens with zero attached hydrogens (tertiary/aromatic N) is 1. The molecule has 23 heavy (non-hydrogen) atoms. The number of carboxylic acid groups (broad SMARTS) is 1. The van der Waals surface area contributed by atoms with Crippen molar-refractivity contribution in [2.24, 2.45) is 0 Å². The molecule has 1 aromatic carbocycles. The van der Waals surface area contributed by atoms with Crippen LogP contribution >= 0.6 is 0 Å². The first-order valence-corrected chi connectivity index (χ1v) is 9.31. The quantitative estimate of drug-likeness (QED) is 0.848. The molecule has 126 valence electrons. The number of rotatable bonds is 6. The molecule has 1 atom stereocenters. The van der Waals surface area contributed by atoms with Gasteiger partial charge in [0.1, 0.15) is 0 Å². The molecule has 1 unspecified atom stereocenters. The zero-order chi connectivity index (χ0) is 17.0. The van der Waals surface area contributed by atoms with E-state index in [0.717, 1.165) is 6.42 Å². The second kappa shape index (κ2) is 7.12. The van der Waals surface area contributed by atoms with Gasteiger partial charge in [-0.1, -0.05) is 19.1 Å². The molecule has 1 amide bonds. The molecule has 0 aromatic heterocycles. The zero-order valence-electron chi connectivity index (χ0n) is 13.1. The number of hydrogen-bond donors (Lipinski definition) is 1.